The third-order valence-electron chi connectivity index (χ3n) is 3.21. The average Bonchev–Trinajstić information content (AvgIpc) is 2.89. The maximum atomic E-state index is 4.48. The molecule has 0 aliphatic rings. The molecule has 0 amide bonds. The predicted molar refractivity (Wildman–Crippen MR) is 78.5 cm³/mol. The summed E-state index contributed by atoms with van der Waals surface area (Å²) in [6.07, 6.45) is 1.91. The summed E-state index contributed by atoms with van der Waals surface area (Å²) in [5.74, 6) is 0. The van der Waals surface area contributed by atoms with Gasteiger partial charge in [0, 0.05) is 11.9 Å². The normalized spacial score (nSPS) is 11.0. The molecule has 3 nitrogen and oxygen atoms in total. The molecule has 1 aromatic heterocycles. The zero-order valence-electron chi connectivity index (χ0n) is 11.0. The van der Waals surface area contributed by atoms with Crippen LogP contribution in [0, 0.1) is 0 Å². The maximum Gasteiger partial charge on any atom is 0.0741 e. The number of hydrogen-bond acceptors (Lipinski definition) is 2. The first-order valence-electron chi connectivity index (χ1n) is 6.61. The van der Waals surface area contributed by atoms with Crippen LogP contribution in [-0.4, -0.2) is 16.3 Å². The first-order valence-corrected chi connectivity index (χ1v) is 6.61. The van der Waals surface area contributed by atoms with Crippen molar-refractivity contribution in [3.63, 3.8) is 0 Å². The molecule has 0 aliphatic carbocycles. The summed E-state index contributed by atoms with van der Waals surface area (Å²) >= 11 is 0. The number of para-hydroxylation sites is 1. The van der Waals surface area contributed by atoms with Crippen LogP contribution in [0.15, 0.2) is 54.7 Å². The van der Waals surface area contributed by atoms with Gasteiger partial charge in [-0.3, -0.25) is 0 Å². The van der Waals surface area contributed by atoms with Crippen molar-refractivity contribution in [1.82, 2.24) is 15.1 Å². The largest absolute Gasteiger partial charge is 0.313 e. The van der Waals surface area contributed by atoms with Crippen LogP contribution in [0.4, 0.5) is 0 Å². The minimum absolute atomic E-state index is 0.892. The second-order valence-corrected chi connectivity index (χ2v) is 4.57. The Labute approximate surface area is 112 Å². The van der Waals surface area contributed by atoms with Gasteiger partial charge >= 0.3 is 0 Å². The van der Waals surface area contributed by atoms with E-state index in [1.165, 1.54) is 10.9 Å². The lowest BCUT2D eigenvalue weighted by molar-refractivity contribution is 0.725. The fourth-order valence-corrected chi connectivity index (χ4v) is 2.24. The molecule has 3 heteroatoms. The molecular formula is C16H17N3. The number of nitrogens with one attached hydrogen (secondary N) is 1. The van der Waals surface area contributed by atoms with Crippen molar-refractivity contribution in [2.24, 2.45) is 0 Å². The van der Waals surface area contributed by atoms with Crippen molar-refractivity contribution in [3.05, 3.63) is 60.3 Å². The first-order chi connectivity index (χ1) is 9.38. The second kappa shape index (κ2) is 5.24. The number of fused-ring (bicyclic) bond motifs is 1. The van der Waals surface area contributed by atoms with Gasteiger partial charge in [-0.2, -0.15) is 5.10 Å². The van der Waals surface area contributed by atoms with Gasteiger partial charge in [0.25, 0.3) is 0 Å². The number of benzene rings is 2. The minimum atomic E-state index is 0.892. The maximum absolute atomic E-state index is 4.48. The molecular weight excluding hydrogens is 234 g/mol. The summed E-state index contributed by atoms with van der Waals surface area (Å²) in [5, 5.41) is 8.99. The molecule has 3 rings (SSSR count). The van der Waals surface area contributed by atoms with E-state index in [0.29, 0.717) is 0 Å². The Bertz CT molecular complexity index is 685. The lowest BCUT2D eigenvalue weighted by atomic mass is 10.2. The highest BCUT2D eigenvalue weighted by atomic mass is 15.3. The first kappa shape index (κ1) is 11.9. The van der Waals surface area contributed by atoms with Crippen molar-refractivity contribution in [2.75, 3.05) is 6.54 Å². The number of hydrogen-bond donors (Lipinski definition) is 1. The van der Waals surface area contributed by atoms with Gasteiger partial charge in [-0.25, -0.2) is 4.68 Å². The van der Waals surface area contributed by atoms with E-state index in [2.05, 4.69) is 53.7 Å². The lowest BCUT2D eigenvalue weighted by Crippen LogP contribution is -2.11. The number of aromatic nitrogens is 2. The average molecular weight is 251 g/mol. The molecule has 0 atom stereocenters. The fourth-order valence-electron chi connectivity index (χ4n) is 2.24. The van der Waals surface area contributed by atoms with Crippen molar-refractivity contribution >= 4 is 10.9 Å². The van der Waals surface area contributed by atoms with Crippen LogP contribution in [0.3, 0.4) is 0 Å². The van der Waals surface area contributed by atoms with E-state index in [-0.39, 0.29) is 0 Å². The van der Waals surface area contributed by atoms with Gasteiger partial charge in [0.15, 0.2) is 0 Å². The molecule has 0 fully saturated rings. The van der Waals surface area contributed by atoms with E-state index in [1.54, 1.807) is 0 Å². The molecule has 2 aromatic carbocycles. The molecule has 0 bridgehead atoms. The number of nitrogens with zero attached hydrogens (tertiary/aromatic N) is 2. The van der Waals surface area contributed by atoms with Crippen molar-refractivity contribution in [2.45, 2.75) is 13.5 Å². The highest BCUT2D eigenvalue weighted by Gasteiger charge is 2.04. The molecule has 0 saturated carbocycles. The molecule has 0 aliphatic heterocycles. The zero-order valence-corrected chi connectivity index (χ0v) is 11.0. The van der Waals surface area contributed by atoms with E-state index in [0.717, 1.165) is 24.3 Å². The molecule has 0 spiro atoms. The van der Waals surface area contributed by atoms with Crippen LogP contribution in [0.1, 0.15) is 12.5 Å². The van der Waals surface area contributed by atoms with Crippen LogP contribution >= 0.6 is 0 Å². The predicted octanol–water partition coefficient (Wildman–Crippen LogP) is 3.14. The van der Waals surface area contributed by atoms with Crippen molar-refractivity contribution in [1.29, 1.82) is 0 Å². The van der Waals surface area contributed by atoms with Gasteiger partial charge in [-0.05, 0) is 30.3 Å². The molecule has 3 aromatic rings. The van der Waals surface area contributed by atoms with Gasteiger partial charge in [-0.1, -0.05) is 37.3 Å². The van der Waals surface area contributed by atoms with Crippen LogP contribution in [0.25, 0.3) is 16.6 Å². The minimum Gasteiger partial charge on any atom is -0.313 e. The molecule has 96 valence electrons. The molecule has 0 saturated heterocycles. The summed E-state index contributed by atoms with van der Waals surface area (Å²) in [4.78, 5) is 0. The van der Waals surface area contributed by atoms with E-state index >= 15 is 0 Å². The summed E-state index contributed by atoms with van der Waals surface area (Å²) in [5.41, 5.74) is 3.53. The summed E-state index contributed by atoms with van der Waals surface area (Å²) < 4.78 is 1.99. The van der Waals surface area contributed by atoms with Gasteiger partial charge in [0.05, 0.1) is 17.4 Å². The van der Waals surface area contributed by atoms with E-state index in [4.69, 9.17) is 0 Å². The third kappa shape index (κ3) is 2.37. The standard InChI is InChI=1S/C16H17N3/c1-2-17-11-13-6-5-8-15(10-13)19-16-9-4-3-7-14(16)12-18-19/h3-10,12,17H,2,11H2,1H3. The SMILES string of the molecule is CCNCc1cccc(-n2ncc3ccccc32)c1. The highest BCUT2D eigenvalue weighted by Crippen LogP contribution is 2.18. The van der Waals surface area contributed by atoms with E-state index < -0.39 is 0 Å². The Morgan fingerprint density at radius 2 is 2.00 bits per heavy atom. The van der Waals surface area contributed by atoms with Crippen molar-refractivity contribution in [3.8, 4) is 5.69 Å². The van der Waals surface area contributed by atoms with Gasteiger partial charge < -0.3 is 5.32 Å². The van der Waals surface area contributed by atoms with Crippen LogP contribution in [0.5, 0.6) is 0 Å². The molecule has 1 N–H and O–H groups in total. The summed E-state index contributed by atoms with van der Waals surface area (Å²) in [6.45, 7) is 3.99. The second-order valence-electron chi connectivity index (χ2n) is 4.57. The Kier molecular flexibility index (Phi) is 3.29. The smallest absolute Gasteiger partial charge is 0.0741 e. The van der Waals surface area contributed by atoms with E-state index in [9.17, 15) is 0 Å². The van der Waals surface area contributed by atoms with Crippen LogP contribution in [-0.2, 0) is 6.54 Å². The van der Waals surface area contributed by atoms with Crippen LogP contribution < -0.4 is 5.32 Å². The molecule has 0 radical (unpaired) electrons. The quantitative estimate of drug-likeness (QED) is 0.772. The van der Waals surface area contributed by atoms with Crippen molar-refractivity contribution < 1.29 is 0 Å². The van der Waals surface area contributed by atoms with Crippen LogP contribution in [0.2, 0.25) is 0 Å². The van der Waals surface area contributed by atoms with Gasteiger partial charge in [-0.15, -0.1) is 0 Å². The summed E-state index contributed by atoms with van der Waals surface area (Å²) in [7, 11) is 0. The Morgan fingerprint density at radius 1 is 1.11 bits per heavy atom. The molecule has 0 unspecified atom stereocenters. The van der Waals surface area contributed by atoms with Gasteiger partial charge in [0.1, 0.15) is 0 Å². The zero-order chi connectivity index (χ0) is 13.1. The monoisotopic (exact) mass is 251 g/mol. The third-order valence-corrected chi connectivity index (χ3v) is 3.21. The van der Waals surface area contributed by atoms with E-state index in [1.807, 2.05) is 23.0 Å². The summed E-state index contributed by atoms with van der Waals surface area (Å²) in [6, 6.07) is 16.8. The Hall–Kier alpha value is -2.13. The Balaban J connectivity index is 2.01. The highest BCUT2D eigenvalue weighted by molar-refractivity contribution is 5.80. The Morgan fingerprint density at radius 3 is 2.89 bits per heavy atom. The fraction of sp³-hybridized carbons (Fsp3) is 0.188. The molecule has 1 heterocycles. The molecule has 19 heavy (non-hydrogen) atoms. The topological polar surface area (TPSA) is 29.9 Å². The van der Waals surface area contributed by atoms with Gasteiger partial charge in [0.2, 0.25) is 0 Å². The lowest BCUT2D eigenvalue weighted by Gasteiger charge is -2.07. The number of rotatable bonds is 4.